The van der Waals surface area contributed by atoms with E-state index in [1.54, 1.807) is 12.1 Å². The van der Waals surface area contributed by atoms with Crippen LogP contribution in [0.4, 0.5) is 0 Å². The van der Waals surface area contributed by atoms with Crippen LogP contribution in [-0.2, 0) is 0 Å². The third-order valence-corrected chi connectivity index (χ3v) is 7.28. The Morgan fingerprint density at radius 3 is 2.40 bits per heavy atom. The second-order valence-electron chi connectivity index (χ2n) is 11.2. The minimum Gasteiger partial charge on any atom is -0.508 e. The van der Waals surface area contributed by atoms with Crippen LogP contribution < -0.4 is 5.32 Å². The number of phenolic OH excluding ortho intramolecular Hbond substituents is 1. The summed E-state index contributed by atoms with van der Waals surface area (Å²) in [6.07, 6.45) is 5.81. The van der Waals surface area contributed by atoms with E-state index in [9.17, 15) is 9.90 Å². The van der Waals surface area contributed by atoms with Crippen LogP contribution in [0.15, 0.2) is 36.4 Å². The average molecular weight is 409 g/mol. The minimum atomic E-state index is -0.00437. The number of piperazine rings is 1. The largest absolute Gasteiger partial charge is 0.508 e. The lowest BCUT2D eigenvalue weighted by Crippen LogP contribution is -2.62. The highest BCUT2D eigenvalue weighted by Crippen LogP contribution is 2.45. The third-order valence-electron chi connectivity index (χ3n) is 7.28. The molecule has 2 fully saturated rings. The fourth-order valence-corrected chi connectivity index (χ4v) is 5.83. The maximum absolute atomic E-state index is 13.6. The first-order chi connectivity index (χ1) is 14.1. The molecule has 162 valence electrons. The maximum atomic E-state index is 13.6. The summed E-state index contributed by atoms with van der Waals surface area (Å²) in [6, 6.07) is 11.1. The summed E-state index contributed by atoms with van der Waals surface area (Å²) >= 11 is 0. The van der Waals surface area contributed by atoms with Crippen LogP contribution in [0.5, 0.6) is 5.75 Å². The number of hydrogen-bond acceptors (Lipinski definition) is 3. The SMILES string of the molecule is CC1(C)CCC2(CCC(C)(C)C1)CN(C(=O)c1cccc3ccc(O)cc13)CCN2. The van der Waals surface area contributed by atoms with Crippen LogP contribution in [0, 0.1) is 10.8 Å². The Balaban J connectivity index is 1.61. The molecule has 2 aromatic carbocycles. The molecular weight excluding hydrogens is 372 g/mol. The number of carbonyl (C=O) groups excluding carboxylic acids is 1. The highest BCUT2D eigenvalue weighted by atomic mass is 16.3. The molecule has 0 bridgehead atoms. The lowest BCUT2D eigenvalue weighted by Gasteiger charge is -2.49. The molecule has 1 saturated heterocycles. The van der Waals surface area contributed by atoms with E-state index in [4.69, 9.17) is 0 Å². The Bertz CT molecular complexity index is 929. The molecule has 1 heterocycles. The zero-order valence-corrected chi connectivity index (χ0v) is 18.9. The van der Waals surface area contributed by atoms with Crippen LogP contribution in [0.3, 0.4) is 0 Å². The van der Waals surface area contributed by atoms with E-state index in [0.717, 1.165) is 43.2 Å². The van der Waals surface area contributed by atoms with Crippen LogP contribution in [0.25, 0.3) is 10.8 Å². The molecule has 0 atom stereocenters. The topological polar surface area (TPSA) is 52.6 Å². The van der Waals surface area contributed by atoms with Gasteiger partial charge in [0.2, 0.25) is 0 Å². The molecule has 0 radical (unpaired) electrons. The quantitative estimate of drug-likeness (QED) is 0.669. The van der Waals surface area contributed by atoms with Gasteiger partial charge in [-0.2, -0.15) is 0 Å². The highest BCUT2D eigenvalue weighted by Gasteiger charge is 2.42. The van der Waals surface area contributed by atoms with Gasteiger partial charge in [0, 0.05) is 30.7 Å². The van der Waals surface area contributed by atoms with Crippen molar-refractivity contribution in [1.82, 2.24) is 10.2 Å². The molecule has 1 aliphatic carbocycles. The second kappa shape index (κ2) is 7.56. The third kappa shape index (κ3) is 4.34. The van der Waals surface area contributed by atoms with Gasteiger partial charge in [0.05, 0.1) is 0 Å². The fourth-order valence-electron chi connectivity index (χ4n) is 5.83. The van der Waals surface area contributed by atoms with Gasteiger partial charge >= 0.3 is 0 Å². The molecule has 1 spiro atoms. The predicted molar refractivity (Wildman–Crippen MR) is 123 cm³/mol. The maximum Gasteiger partial charge on any atom is 0.254 e. The molecule has 1 amide bonds. The molecule has 0 unspecified atom stereocenters. The van der Waals surface area contributed by atoms with E-state index in [1.165, 1.54) is 19.3 Å². The van der Waals surface area contributed by atoms with Gasteiger partial charge in [-0.05, 0) is 71.9 Å². The average Bonchev–Trinajstić information content (AvgIpc) is 2.69. The van der Waals surface area contributed by atoms with Gasteiger partial charge < -0.3 is 15.3 Å². The summed E-state index contributed by atoms with van der Waals surface area (Å²) in [5.41, 5.74) is 1.32. The molecule has 4 rings (SSSR count). The number of amides is 1. The van der Waals surface area contributed by atoms with E-state index in [0.29, 0.717) is 16.4 Å². The summed E-state index contributed by atoms with van der Waals surface area (Å²) in [4.78, 5) is 15.6. The van der Waals surface area contributed by atoms with Gasteiger partial charge in [-0.15, -0.1) is 0 Å². The number of nitrogens with zero attached hydrogens (tertiary/aromatic N) is 1. The Hall–Kier alpha value is -2.07. The lowest BCUT2D eigenvalue weighted by atomic mass is 9.65. The number of phenols is 1. The Labute approximate surface area is 180 Å². The standard InChI is InChI=1S/C26H36N2O2/c1-24(2)10-12-26(13-11-25(3,4)17-24)18-28(15-14-27-26)23(30)21-7-5-6-19-8-9-20(29)16-22(19)21/h5-9,16,27,29H,10-15,17-18H2,1-4H3. The Morgan fingerprint density at radius 2 is 1.70 bits per heavy atom. The first-order valence-electron chi connectivity index (χ1n) is 11.3. The van der Waals surface area contributed by atoms with Crippen LogP contribution in [0.1, 0.15) is 70.2 Å². The number of benzene rings is 2. The van der Waals surface area contributed by atoms with E-state index < -0.39 is 0 Å². The van der Waals surface area contributed by atoms with Gasteiger partial charge in [0.25, 0.3) is 5.91 Å². The highest BCUT2D eigenvalue weighted by molar-refractivity contribution is 6.07. The minimum absolute atomic E-state index is 0.00437. The van der Waals surface area contributed by atoms with Crippen molar-refractivity contribution in [2.45, 2.75) is 65.3 Å². The van der Waals surface area contributed by atoms with Crippen LogP contribution >= 0.6 is 0 Å². The molecule has 0 aromatic heterocycles. The summed E-state index contributed by atoms with van der Waals surface area (Å²) in [6.45, 7) is 11.9. The van der Waals surface area contributed by atoms with Gasteiger partial charge in [-0.3, -0.25) is 4.79 Å². The molecule has 30 heavy (non-hydrogen) atoms. The van der Waals surface area contributed by atoms with Crippen molar-refractivity contribution in [2.75, 3.05) is 19.6 Å². The monoisotopic (exact) mass is 408 g/mol. The molecule has 2 aromatic rings. The number of rotatable bonds is 1. The number of hydrogen-bond donors (Lipinski definition) is 2. The summed E-state index contributed by atoms with van der Waals surface area (Å²) in [7, 11) is 0. The zero-order chi connectivity index (χ0) is 21.6. The van der Waals surface area contributed by atoms with Gasteiger partial charge in [0.1, 0.15) is 5.75 Å². The zero-order valence-electron chi connectivity index (χ0n) is 18.9. The smallest absolute Gasteiger partial charge is 0.254 e. The molecular formula is C26H36N2O2. The van der Waals surface area contributed by atoms with Crippen molar-refractivity contribution in [3.05, 3.63) is 42.0 Å². The van der Waals surface area contributed by atoms with Crippen molar-refractivity contribution in [3.8, 4) is 5.75 Å². The first kappa shape index (κ1) is 21.2. The van der Waals surface area contributed by atoms with Crippen molar-refractivity contribution >= 4 is 16.7 Å². The molecule has 2 N–H and O–H groups in total. The molecule has 4 nitrogen and oxygen atoms in total. The van der Waals surface area contributed by atoms with Crippen LogP contribution in [0.2, 0.25) is 0 Å². The Kier molecular flexibility index (Phi) is 5.34. The number of carbonyl (C=O) groups is 1. The molecule has 4 heteroatoms. The van der Waals surface area contributed by atoms with Crippen molar-refractivity contribution < 1.29 is 9.90 Å². The lowest BCUT2D eigenvalue weighted by molar-refractivity contribution is 0.0434. The molecule has 1 aliphatic heterocycles. The van der Waals surface area contributed by atoms with Gasteiger partial charge in [0.15, 0.2) is 0 Å². The first-order valence-corrected chi connectivity index (χ1v) is 11.3. The van der Waals surface area contributed by atoms with Crippen molar-refractivity contribution in [1.29, 1.82) is 0 Å². The summed E-state index contributed by atoms with van der Waals surface area (Å²) in [5.74, 6) is 0.275. The van der Waals surface area contributed by atoms with Gasteiger partial charge in [-0.1, -0.05) is 45.9 Å². The molecule has 1 saturated carbocycles. The van der Waals surface area contributed by atoms with E-state index in [2.05, 4.69) is 33.0 Å². The van der Waals surface area contributed by atoms with E-state index >= 15 is 0 Å². The summed E-state index contributed by atoms with van der Waals surface area (Å²) < 4.78 is 0. The van der Waals surface area contributed by atoms with E-state index in [-0.39, 0.29) is 17.2 Å². The van der Waals surface area contributed by atoms with Crippen molar-refractivity contribution in [3.63, 3.8) is 0 Å². The van der Waals surface area contributed by atoms with E-state index in [1.807, 2.05) is 29.2 Å². The summed E-state index contributed by atoms with van der Waals surface area (Å²) in [5, 5.41) is 15.6. The second-order valence-corrected chi connectivity index (χ2v) is 11.2. The number of fused-ring (bicyclic) bond motifs is 1. The van der Waals surface area contributed by atoms with Crippen molar-refractivity contribution in [2.24, 2.45) is 10.8 Å². The number of nitrogens with one attached hydrogen (secondary N) is 1. The number of aromatic hydroxyl groups is 1. The van der Waals surface area contributed by atoms with Gasteiger partial charge in [-0.25, -0.2) is 0 Å². The predicted octanol–water partition coefficient (Wildman–Crippen LogP) is 5.35. The fraction of sp³-hybridized carbons (Fsp3) is 0.577. The Morgan fingerprint density at radius 1 is 1.00 bits per heavy atom. The molecule has 2 aliphatic rings. The normalized spacial score (nSPS) is 23.1. The van der Waals surface area contributed by atoms with Crippen LogP contribution in [-0.4, -0.2) is 41.1 Å².